The van der Waals surface area contributed by atoms with Gasteiger partial charge in [-0.3, -0.25) is 0 Å². The van der Waals surface area contributed by atoms with Crippen molar-refractivity contribution in [3.63, 3.8) is 0 Å². The predicted octanol–water partition coefficient (Wildman–Crippen LogP) is 2.96. The van der Waals surface area contributed by atoms with E-state index in [1.165, 1.54) is 12.8 Å². The van der Waals surface area contributed by atoms with Crippen LogP contribution in [0.2, 0.25) is 0 Å². The number of imidazole rings is 2. The summed E-state index contributed by atoms with van der Waals surface area (Å²) < 4.78 is 4.36. The Morgan fingerprint density at radius 1 is 0.882 bits per heavy atom. The first-order chi connectivity index (χ1) is 8.36. The fourth-order valence-corrected chi connectivity index (χ4v) is 1.96. The van der Waals surface area contributed by atoms with Crippen LogP contribution in [0.3, 0.4) is 0 Å². The lowest BCUT2D eigenvalue weighted by molar-refractivity contribution is 0.625. The molecule has 0 aliphatic rings. The van der Waals surface area contributed by atoms with Gasteiger partial charge in [0.25, 0.3) is 0 Å². The lowest BCUT2D eigenvalue weighted by Crippen LogP contribution is -2.05. The normalized spacial score (nSPS) is 10.9. The molecule has 2 aromatic rings. The number of aromatic nitrogens is 4. The summed E-state index contributed by atoms with van der Waals surface area (Å²) in [6, 6.07) is 0. The maximum absolute atomic E-state index is 4.43. The molecular weight excluding hydrogens is 212 g/mol. The monoisotopic (exact) mass is 232 g/mol. The molecule has 0 N–H and O–H groups in total. The fraction of sp³-hybridized carbons (Fsp3) is 0.538. The second-order valence-electron chi connectivity index (χ2n) is 4.24. The Morgan fingerprint density at radius 3 is 2.00 bits per heavy atom. The van der Waals surface area contributed by atoms with Crippen LogP contribution < -0.4 is 0 Å². The molecule has 0 aromatic carbocycles. The van der Waals surface area contributed by atoms with Crippen LogP contribution in [0.4, 0.5) is 0 Å². The number of hydrogen-bond acceptors (Lipinski definition) is 2. The number of hydrogen-bond donors (Lipinski definition) is 0. The first kappa shape index (κ1) is 11.9. The SMILES string of the molecule is CCCCn1ccnc1-c1nccn1CCC. The second-order valence-corrected chi connectivity index (χ2v) is 4.24. The van der Waals surface area contributed by atoms with E-state index in [1.54, 1.807) is 0 Å². The van der Waals surface area contributed by atoms with Gasteiger partial charge in [-0.25, -0.2) is 9.97 Å². The minimum atomic E-state index is 0.980. The zero-order valence-corrected chi connectivity index (χ0v) is 10.6. The van der Waals surface area contributed by atoms with E-state index < -0.39 is 0 Å². The summed E-state index contributed by atoms with van der Waals surface area (Å²) >= 11 is 0. The van der Waals surface area contributed by atoms with Crippen molar-refractivity contribution in [1.29, 1.82) is 0 Å². The largest absolute Gasteiger partial charge is 0.328 e. The maximum atomic E-state index is 4.43. The molecule has 2 rings (SSSR count). The van der Waals surface area contributed by atoms with Crippen molar-refractivity contribution in [3.8, 4) is 11.6 Å². The van der Waals surface area contributed by atoms with E-state index in [-0.39, 0.29) is 0 Å². The summed E-state index contributed by atoms with van der Waals surface area (Å²) in [5, 5.41) is 0. The van der Waals surface area contributed by atoms with Gasteiger partial charge in [0.15, 0.2) is 11.6 Å². The van der Waals surface area contributed by atoms with E-state index in [1.807, 2.05) is 24.8 Å². The van der Waals surface area contributed by atoms with Gasteiger partial charge in [-0.2, -0.15) is 0 Å². The predicted molar refractivity (Wildman–Crippen MR) is 68.6 cm³/mol. The zero-order valence-electron chi connectivity index (χ0n) is 10.6. The van der Waals surface area contributed by atoms with Crippen LogP contribution in [0, 0.1) is 0 Å². The first-order valence-electron chi connectivity index (χ1n) is 6.39. The molecule has 2 heterocycles. The van der Waals surface area contributed by atoms with E-state index in [2.05, 4.69) is 32.9 Å². The summed E-state index contributed by atoms with van der Waals surface area (Å²) in [5.74, 6) is 1.96. The van der Waals surface area contributed by atoms with Gasteiger partial charge in [-0.1, -0.05) is 20.3 Å². The van der Waals surface area contributed by atoms with Crippen molar-refractivity contribution in [2.45, 2.75) is 46.2 Å². The van der Waals surface area contributed by atoms with Gasteiger partial charge in [-0.15, -0.1) is 0 Å². The van der Waals surface area contributed by atoms with E-state index in [4.69, 9.17) is 0 Å². The van der Waals surface area contributed by atoms with Crippen molar-refractivity contribution < 1.29 is 0 Å². The fourth-order valence-electron chi connectivity index (χ4n) is 1.96. The molecule has 0 fully saturated rings. The van der Waals surface area contributed by atoms with E-state index in [0.29, 0.717) is 0 Å². The lowest BCUT2D eigenvalue weighted by Gasteiger charge is -2.08. The summed E-state index contributed by atoms with van der Waals surface area (Å²) in [5.41, 5.74) is 0. The summed E-state index contributed by atoms with van der Waals surface area (Å²) in [7, 11) is 0. The van der Waals surface area contributed by atoms with Crippen LogP contribution >= 0.6 is 0 Å². The molecule has 0 saturated carbocycles. The molecule has 0 saturated heterocycles. The summed E-state index contributed by atoms with van der Waals surface area (Å²) in [6.07, 6.45) is 11.3. The van der Waals surface area contributed by atoms with Crippen molar-refractivity contribution in [2.75, 3.05) is 0 Å². The van der Waals surface area contributed by atoms with E-state index in [9.17, 15) is 0 Å². The van der Waals surface area contributed by atoms with E-state index >= 15 is 0 Å². The van der Waals surface area contributed by atoms with Crippen LogP contribution in [0.15, 0.2) is 24.8 Å². The highest BCUT2D eigenvalue weighted by Gasteiger charge is 2.11. The van der Waals surface area contributed by atoms with Crippen LogP contribution in [-0.4, -0.2) is 19.1 Å². The topological polar surface area (TPSA) is 35.6 Å². The van der Waals surface area contributed by atoms with Gasteiger partial charge in [-0.05, 0) is 12.8 Å². The summed E-state index contributed by atoms with van der Waals surface area (Å²) in [4.78, 5) is 8.86. The number of rotatable bonds is 6. The van der Waals surface area contributed by atoms with Crippen LogP contribution in [0.1, 0.15) is 33.1 Å². The van der Waals surface area contributed by atoms with Gasteiger partial charge in [0.2, 0.25) is 0 Å². The third-order valence-electron chi connectivity index (χ3n) is 2.85. The molecule has 4 heteroatoms. The van der Waals surface area contributed by atoms with Crippen molar-refractivity contribution in [3.05, 3.63) is 24.8 Å². The maximum Gasteiger partial charge on any atom is 0.176 e. The van der Waals surface area contributed by atoms with Gasteiger partial charge in [0, 0.05) is 37.9 Å². The Bertz CT molecular complexity index is 455. The Kier molecular flexibility index (Phi) is 3.96. The van der Waals surface area contributed by atoms with Gasteiger partial charge >= 0.3 is 0 Å². The Labute approximate surface area is 102 Å². The minimum absolute atomic E-state index is 0.980. The third-order valence-corrected chi connectivity index (χ3v) is 2.85. The lowest BCUT2D eigenvalue weighted by atomic mass is 10.3. The average molecular weight is 232 g/mol. The van der Waals surface area contributed by atoms with Gasteiger partial charge in [0.05, 0.1) is 0 Å². The molecular formula is C13H20N4. The average Bonchev–Trinajstić information content (AvgIpc) is 2.94. The number of aryl methyl sites for hydroxylation is 2. The van der Waals surface area contributed by atoms with Crippen molar-refractivity contribution in [1.82, 2.24) is 19.1 Å². The van der Waals surface area contributed by atoms with Crippen LogP contribution in [-0.2, 0) is 13.1 Å². The molecule has 0 radical (unpaired) electrons. The second kappa shape index (κ2) is 5.66. The minimum Gasteiger partial charge on any atom is -0.328 e. The summed E-state index contributed by atoms with van der Waals surface area (Å²) in [6.45, 7) is 6.39. The quantitative estimate of drug-likeness (QED) is 0.767. The standard InChI is InChI=1S/C13H20N4/c1-3-5-9-17-11-7-15-13(17)12-14-6-10-16(12)8-4-2/h6-7,10-11H,3-5,8-9H2,1-2H3. The molecule has 0 atom stereocenters. The smallest absolute Gasteiger partial charge is 0.176 e. The number of nitrogens with zero attached hydrogens (tertiary/aromatic N) is 4. The third kappa shape index (κ3) is 2.57. The molecule has 92 valence electrons. The zero-order chi connectivity index (χ0) is 12.1. The molecule has 0 bridgehead atoms. The molecule has 0 spiro atoms. The molecule has 0 aliphatic heterocycles. The highest BCUT2D eigenvalue weighted by atomic mass is 15.2. The molecule has 0 amide bonds. The molecule has 17 heavy (non-hydrogen) atoms. The number of unbranched alkanes of at least 4 members (excludes halogenated alkanes) is 1. The molecule has 0 unspecified atom stereocenters. The Balaban J connectivity index is 2.26. The first-order valence-corrected chi connectivity index (χ1v) is 6.39. The van der Waals surface area contributed by atoms with Crippen molar-refractivity contribution in [2.24, 2.45) is 0 Å². The molecule has 2 aromatic heterocycles. The van der Waals surface area contributed by atoms with Crippen LogP contribution in [0.5, 0.6) is 0 Å². The van der Waals surface area contributed by atoms with Gasteiger partial charge < -0.3 is 9.13 Å². The van der Waals surface area contributed by atoms with Gasteiger partial charge in [0.1, 0.15) is 0 Å². The Morgan fingerprint density at radius 2 is 1.47 bits per heavy atom. The highest BCUT2D eigenvalue weighted by Crippen LogP contribution is 2.16. The molecule has 4 nitrogen and oxygen atoms in total. The van der Waals surface area contributed by atoms with Crippen molar-refractivity contribution >= 4 is 0 Å². The van der Waals surface area contributed by atoms with Crippen LogP contribution in [0.25, 0.3) is 11.6 Å². The highest BCUT2D eigenvalue weighted by molar-refractivity contribution is 5.44. The van der Waals surface area contributed by atoms with E-state index in [0.717, 1.165) is 31.2 Å². The Hall–Kier alpha value is -1.58. The molecule has 0 aliphatic carbocycles.